The van der Waals surface area contributed by atoms with E-state index in [9.17, 15) is 57.9 Å². The molecule has 7 atom stereocenters. The zero-order valence-corrected chi connectivity index (χ0v) is 40.0. The van der Waals surface area contributed by atoms with Gasteiger partial charge in [-0.1, -0.05) is 88.9 Å². The molecule has 65 heavy (non-hydrogen) atoms. The molecule has 0 radical (unpaired) electrons. The number of carbonyl (C=O) groups excluding carboxylic acids is 3. The van der Waals surface area contributed by atoms with Crippen LogP contribution < -0.4 is 16.4 Å². The highest BCUT2D eigenvalue weighted by atomic mass is 32.2. The van der Waals surface area contributed by atoms with Crippen molar-refractivity contribution in [2.75, 3.05) is 37.8 Å². The number of hydrogen-bond acceptors (Lipinski definition) is 18. The lowest BCUT2D eigenvalue weighted by molar-refractivity contribution is -0.137. The maximum Gasteiger partial charge on any atom is 0.481 e. The lowest BCUT2D eigenvalue weighted by atomic mass is 9.87. The molecule has 0 bridgehead atoms. The number of unbranched alkanes of at least 4 members (excludes halogenated alkanes) is 7. The number of thioether (sulfide) groups is 1. The summed E-state index contributed by atoms with van der Waals surface area (Å²) in [6.45, 7) is 2.72. The summed E-state index contributed by atoms with van der Waals surface area (Å²) in [6, 6.07) is 0. The van der Waals surface area contributed by atoms with Gasteiger partial charge in [-0.15, -0.1) is 0 Å². The molecule has 3 rings (SSSR count). The quantitative estimate of drug-likeness (QED) is 0.0295. The number of nitrogen functional groups attached to an aromatic ring is 1. The van der Waals surface area contributed by atoms with Crippen molar-refractivity contribution in [1.29, 1.82) is 0 Å². The number of aliphatic hydroxyl groups excluding tert-OH is 2. The van der Waals surface area contributed by atoms with Gasteiger partial charge in [0, 0.05) is 37.1 Å². The van der Waals surface area contributed by atoms with E-state index in [0.29, 0.717) is 12.2 Å². The Labute approximate surface area is 381 Å². The highest BCUT2D eigenvalue weighted by Crippen LogP contribution is 2.61. The first-order valence-electron chi connectivity index (χ1n) is 20.9. The number of nitrogens with zero attached hydrogens (tertiary/aromatic N) is 4. The number of carbonyl (C=O) groups is 3. The van der Waals surface area contributed by atoms with Crippen molar-refractivity contribution >= 4 is 69.1 Å². The number of anilines is 1. The van der Waals surface area contributed by atoms with Crippen molar-refractivity contribution in [3.63, 3.8) is 0 Å². The minimum Gasteiger partial charge on any atom is -0.386 e. The zero-order valence-electron chi connectivity index (χ0n) is 36.5. The Bertz CT molecular complexity index is 2050. The molecule has 2 amide bonds. The molecule has 0 aromatic carbocycles. The number of nitrogens with one attached hydrogen (secondary N) is 2. The number of aromatic nitrogens is 4. The Morgan fingerprint density at radius 2 is 1.60 bits per heavy atom. The van der Waals surface area contributed by atoms with E-state index in [-0.39, 0.29) is 41.6 Å². The van der Waals surface area contributed by atoms with Gasteiger partial charge in [0.05, 0.1) is 19.5 Å². The molecule has 1 saturated heterocycles. The zero-order chi connectivity index (χ0) is 48.3. The summed E-state index contributed by atoms with van der Waals surface area (Å²) < 4.78 is 62.4. The molecule has 0 aliphatic carbocycles. The first kappa shape index (κ1) is 56.4. The van der Waals surface area contributed by atoms with E-state index in [1.54, 1.807) is 0 Å². The van der Waals surface area contributed by atoms with Crippen molar-refractivity contribution in [1.82, 2.24) is 30.2 Å². The maximum atomic E-state index is 12.7. The number of imidazole rings is 1. The van der Waals surface area contributed by atoms with Crippen LogP contribution in [0.15, 0.2) is 37.0 Å². The predicted molar refractivity (Wildman–Crippen MR) is 237 cm³/mol. The molecule has 1 aliphatic rings. The molecular weight excluding hydrogens is 939 g/mol. The van der Waals surface area contributed by atoms with Crippen LogP contribution in [0.2, 0.25) is 0 Å². The summed E-state index contributed by atoms with van der Waals surface area (Å²) in [5.41, 5.74) is 4.28. The van der Waals surface area contributed by atoms with Gasteiger partial charge in [-0.2, -0.15) is 4.31 Å². The van der Waals surface area contributed by atoms with Crippen LogP contribution in [0.5, 0.6) is 0 Å². The van der Waals surface area contributed by atoms with E-state index in [0.717, 1.165) is 73.9 Å². The lowest BCUT2D eigenvalue weighted by Crippen LogP contribution is -2.46. The van der Waals surface area contributed by atoms with Crippen LogP contribution >= 0.6 is 35.2 Å². The first-order chi connectivity index (χ1) is 30.6. The fourth-order valence-electron chi connectivity index (χ4n) is 6.10. The van der Waals surface area contributed by atoms with Crippen LogP contribution in [-0.4, -0.2) is 123 Å². The molecule has 28 heteroatoms. The van der Waals surface area contributed by atoms with Crippen molar-refractivity contribution in [3.05, 3.63) is 37.0 Å². The Hall–Kier alpha value is -2.96. The summed E-state index contributed by atoms with van der Waals surface area (Å²) in [5.74, 6) is -1.05. The van der Waals surface area contributed by atoms with E-state index in [4.69, 9.17) is 19.5 Å². The van der Waals surface area contributed by atoms with Crippen molar-refractivity contribution < 1.29 is 80.5 Å². The Morgan fingerprint density at radius 3 is 2.29 bits per heavy atom. The third-order valence-electron chi connectivity index (χ3n) is 9.62. The molecule has 0 saturated carbocycles. The number of phosphoric acid groups is 3. The Balaban J connectivity index is 1.34. The Kier molecular flexibility index (Phi) is 23.5. The van der Waals surface area contributed by atoms with Crippen molar-refractivity contribution in [2.45, 2.75) is 122 Å². The number of ether oxygens (including phenoxy) is 1. The standard InChI is InChI=1S/C37H62N7O17P3S/c1-4-5-6-7-8-9-10-11-12-13-14-15-16-17-28(46)65-21-20-39-27(45)18-19-40-35(49)32(48)37(2,3)23-58-64(55,56)61-63(53,54)57-22-26-31(60-62(50,51)52)30(47)36(59-26)44-25-43-29-33(38)41-24-42-34(29)44/h7-10,24-26,30-32,36,47-48H,4-6,11-23H2,1-3H3,(H,39,45)(H,40,49)(H,53,54)(H,55,56)(H2,38,41,42)(H2,50,51,52)/b8-7+,10-9-/t26-,30-,31-,32?,36-/m1/s1. The summed E-state index contributed by atoms with van der Waals surface area (Å²) in [5, 5.41) is 26.6. The van der Waals surface area contributed by atoms with Crippen LogP contribution in [-0.2, 0) is 50.7 Å². The molecule has 1 fully saturated rings. The highest BCUT2D eigenvalue weighted by molar-refractivity contribution is 8.13. The van der Waals surface area contributed by atoms with Gasteiger partial charge in [-0.05, 0) is 25.7 Å². The molecule has 0 spiro atoms. The predicted octanol–water partition coefficient (Wildman–Crippen LogP) is 3.70. The number of fused-ring (bicyclic) bond motifs is 1. The van der Waals surface area contributed by atoms with E-state index in [1.165, 1.54) is 26.7 Å². The van der Waals surface area contributed by atoms with E-state index in [2.05, 4.69) is 65.6 Å². The minimum atomic E-state index is -5.58. The number of phosphoric ester groups is 3. The molecule has 3 heterocycles. The number of aliphatic hydroxyl groups is 2. The number of amides is 2. The second-order valence-corrected chi connectivity index (χ2v) is 21.0. The molecule has 1 aliphatic heterocycles. The molecule has 2 aromatic rings. The second-order valence-electron chi connectivity index (χ2n) is 15.6. The van der Waals surface area contributed by atoms with Crippen LogP contribution in [0.4, 0.5) is 5.82 Å². The van der Waals surface area contributed by atoms with E-state index < -0.39 is 84.6 Å². The SMILES string of the molecule is CCCC/C=C/C=C\CCCCCCCC(=O)SCCNC(=O)CCNC(=O)C(O)C(C)(C)COP(=O)(O)OP(=O)(O)OC[C@H]1O[C@@H](n2cnc3c(N)ncnc32)[C@H](O)[C@@H]1OP(=O)(O)O. The van der Waals surface area contributed by atoms with E-state index >= 15 is 0 Å². The van der Waals surface area contributed by atoms with Gasteiger partial charge in [0.25, 0.3) is 0 Å². The van der Waals surface area contributed by atoms with Gasteiger partial charge >= 0.3 is 23.5 Å². The van der Waals surface area contributed by atoms with Crippen LogP contribution in [0.3, 0.4) is 0 Å². The van der Waals surface area contributed by atoms with Crippen LogP contribution in [0.1, 0.15) is 97.6 Å². The monoisotopic (exact) mass is 1000 g/mol. The maximum absolute atomic E-state index is 12.7. The average Bonchev–Trinajstić information content (AvgIpc) is 3.79. The van der Waals surface area contributed by atoms with Gasteiger partial charge in [0.15, 0.2) is 22.8 Å². The summed E-state index contributed by atoms with van der Waals surface area (Å²) in [4.78, 5) is 88.2. The minimum absolute atomic E-state index is 0.0320. The third-order valence-corrected chi connectivity index (χ3v) is 13.7. The highest BCUT2D eigenvalue weighted by Gasteiger charge is 2.50. The Morgan fingerprint density at radius 1 is 0.938 bits per heavy atom. The number of rotatable bonds is 31. The lowest BCUT2D eigenvalue weighted by Gasteiger charge is -2.30. The number of allylic oxidation sites excluding steroid dienone is 4. The second kappa shape index (κ2) is 27.1. The number of nitrogens with two attached hydrogens (primary N) is 1. The number of hydrogen-bond donors (Lipinski definition) is 9. The van der Waals surface area contributed by atoms with Gasteiger partial charge in [-0.3, -0.25) is 32.5 Å². The topological polar surface area (TPSA) is 364 Å². The first-order valence-corrected chi connectivity index (χ1v) is 26.4. The fraction of sp³-hybridized carbons (Fsp3) is 0.676. The molecule has 3 unspecified atom stereocenters. The van der Waals surface area contributed by atoms with Gasteiger partial charge in [-0.25, -0.2) is 28.6 Å². The average molecular weight is 1000 g/mol. The summed E-state index contributed by atoms with van der Waals surface area (Å²) >= 11 is 1.14. The smallest absolute Gasteiger partial charge is 0.386 e. The third kappa shape index (κ3) is 20.4. The summed E-state index contributed by atoms with van der Waals surface area (Å²) in [7, 11) is -16.4. The van der Waals surface area contributed by atoms with E-state index in [1.807, 2.05) is 0 Å². The van der Waals surface area contributed by atoms with Gasteiger partial charge in [0.2, 0.25) is 11.8 Å². The van der Waals surface area contributed by atoms with Crippen LogP contribution in [0, 0.1) is 5.41 Å². The van der Waals surface area contributed by atoms with Gasteiger partial charge < -0.3 is 50.9 Å². The van der Waals surface area contributed by atoms with Crippen molar-refractivity contribution in [3.8, 4) is 0 Å². The largest absolute Gasteiger partial charge is 0.481 e. The molecule has 24 nitrogen and oxygen atoms in total. The molecule has 368 valence electrons. The molecule has 2 aromatic heterocycles. The van der Waals surface area contributed by atoms with Crippen molar-refractivity contribution in [2.24, 2.45) is 5.41 Å². The van der Waals surface area contributed by atoms with Crippen LogP contribution in [0.25, 0.3) is 11.2 Å². The molecular formula is C37H62N7O17P3S. The fourth-order valence-corrected chi connectivity index (χ4v) is 9.65. The summed E-state index contributed by atoms with van der Waals surface area (Å²) in [6.07, 6.45) is 11.8. The molecule has 10 N–H and O–H groups in total. The normalized spacial score (nSPS) is 20.6. The van der Waals surface area contributed by atoms with Gasteiger partial charge in [0.1, 0.15) is 36.3 Å².